The van der Waals surface area contributed by atoms with Crippen molar-refractivity contribution in [3.8, 4) is 5.75 Å². The van der Waals surface area contributed by atoms with Gasteiger partial charge in [0.1, 0.15) is 11.6 Å². The van der Waals surface area contributed by atoms with E-state index in [0.29, 0.717) is 22.5 Å². The monoisotopic (exact) mass is 323 g/mol. The summed E-state index contributed by atoms with van der Waals surface area (Å²) in [5.74, 6) is -0.580. The van der Waals surface area contributed by atoms with E-state index in [2.05, 4.69) is 10.2 Å². The van der Waals surface area contributed by atoms with Crippen LogP contribution in [0.4, 0.5) is 10.1 Å². The third-order valence-electron chi connectivity index (χ3n) is 4.28. The van der Waals surface area contributed by atoms with E-state index >= 15 is 0 Å². The van der Waals surface area contributed by atoms with Crippen LogP contribution in [-0.2, 0) is 0 Å². The average Bonchev–Trinajstić information content (AvgIpc) is 3.08. The molecule has 24 heavy (non-hydrogen) atoms. The van der Waals surface area contributed by atoms with Crippen molar-refractivity contribution >= 4 is 11.6 Å². The number of nitrogens with zero attached hydrogens (tertiary/aromatic N) is 2. The van der Waals surface area contributed by atoms with Gasteiger partial charge in [0, 0.05) is 22.5 Å². The van der Waals surface area contributed by atoms with Crippen molar-refractivity contribution in [2.75, 3.05) is 4.90 Å². The molecule has 0 aliphatic carbocycles. The fourth-order valence-electron chi connectivity index (χ4n) is 3.17. The van der Waals surface area contributed by atoms with Gasteiger partial charge in [0.15, 0.2) is 5.69 Å². The maximum atomic E-state index is 14.4. The summed E-state index contributed by atoms with van der Waals surface area (Å²) < 4.78 is 14.4. The number of aromatic amines is 1. The molecule has 0 radical (unpaired) electrons. The molecule has 0 saturated carbocycles. The number of fused-ring (bicyclic) bond motifs is 1. The molecule has 6 heteroatoms. The highest BCUT2D eigenvalue weighted by Crippen LogP contribution is 2.43. The van der Waals surface area contributed by atoms with Crippen molar-refractivity contribution in [1.29, 1.82) is 0 Å². The van der Waals surface area contributed by atoms with Crippen LogP contribution in [0, 0.1) is 12.7 Å². The molecule has 3 aromatic rings. The number of rotatable bonds is 2. The van der Waals surface area contributed by atoms with Crippen LogP contribution in [0.5, 0.6) is 5.75 Å². The van der Waals surface area contributed by atoms with Gasteiger partial charge in [0.05, 0.1) is 6.04 Å². The van der Waals surface area contributed by atoms with Crippen molar-refractivity contribution in [3.05, 3.63) is 76.9 Å². The lowest BCUT2D eigenvalue weighted by Gasteiger charge is -2.26. The molecule has 0 saturated heterocycles. The topological polar surface area (TPSA) is 69.2 Å². The third kappa shape index (κ3) is 2.00. The van der Waals surface area contributed by atoms with Gasteiger partial charge in [0.25, 0.3) is 5.91 Å². The number of hydrogen-bond acceptors (Lipinski definition) is 3. The molecule has 2 N–H and O–H groups in total. The summed E-state index contributed by atoms with van der Waals surface area (Å²) in [4.78, 5) is 14.4. The Hall–Kier alpha value is -3.15. The van der Waals surface area contributed by atoms with E-state index in [-0.39, 0.29) is 17.5 Å². The van der Waals surface area contributed by atoms with Crippen LogP contribution < -0.4 is 4.90 Å². The van der Waals surface area contributed by atoms with Gasteiger partial charge in [-0.25, -0.2) is 4.39 Å². The molecule has 5 nitrogen and oxygen atoms in total. The standard InChI is InChI=1S/C18H14FN3O2/c1-10-15-16(21-20-10)18(24)22(11-6-8-12(23)9-7-11)17(15)13-4-2-3-5-14(13)19/h2-9,17,23H,1H3,(H,20,21)/t17-/m0/s1. The lowest BCUT2D eigenvalue weighted by atomic mass is 9.98. The normalized spacial score (nSPS) is 16.5. The van der Waals surface area contributed by atoms with Crippen LogP contribution >= 0.6 is 0 Å². The number of aromatic hydroxyl groups is 1. The number of carbonyl (C=O) groups is 1. The molecule has 4 rings (SSSR count). The summed E-state index contributed by atoms with van der Waals surface area (Å²) >= 11 is 0. The Morgan fingerprint density at radius 2 is 1.88 bits per heavy atom. The van der Waals surface area contributed by atoms with Gasteiger partial charge < -0.3 is 5.11 Å². The van der Waals surface area contributed by atoms with E-state index in [1.165, 1.54) is 23.1 Å². The fraction of sp³-hybridized carbons (Fsp3) is 0.111. The maximum absolute atomic E-state index is 14.4. The molecule has 2 heterocycles. The molecule has 1 aliphatic heterocycles. The van der Waals surface area contributed by atoms with Gasteiger partial charge in [-0.2, -0.15) is 5.10 Å². The number of halogens is 1. The molecule has 1 atom stereocenters. The van der Waals surface area contributed by atoms with E-state index in [1.54, 1.807) is 30.3 Å². The molecule has 2 aromatic carbocycles. The smallest absolute Gasteiger partial charge is 0.280 e. The van der Waals surface area contributed by atoms with Crippen LogP contribution in [0.1, 0.15) is 33.4 Å². The first-order valence-corrected chi connectivity index (χ1v) is 7.50. The maximum Gasteiger partial charge on any atom is 0.280 e. The van der Waals surface area contributed by atoms with Crippen molar-refractivity contribution in [1.82, 2.24) is 10.2 Å². The molecule has 0 fully saturated rings. The Kier molecular flexibility index (Phi) is 3.13. The first-order valence-electron chi connectivity index (χ1n) is 7.50. The molecule has 0 unspecified atom stereocenters. The average molecular weight is 323 g/mol. The zero-order chi connectivity index (χ0) is 16.8. The zero-order valence-electron chi connectivity index (χ0n) is 12.8. The molecule has 0 bridgehead atoms. The van der Waals surface area contributed by atoms with E-state index in [1.807, 2.05) is 6.92 Å². The molecule has 1 aromatic heterocycles. The molecular weight excluding hydrogens is 309 g/mol. The number of phenolic OH excluding ortho intramolecular Hbond substituents is 1. The minimum absolute atomic E-state index is 0.0995. The van der Waals surface area contributed by atoms with Crippen molar-refractivity contribution in [3.63, 3.8) is 0 Å². The van der Waals surface area contributed by atoms with Crippen molar-refractivity contribution < 1.29 is 14.3 Å². The quantitative estimate of drug-likeness (QED) is 0.760. The molecule has 1 aliphatic rings. The largest absolute Gasteiger partial charge is 0.508 e. The van der Waals surface area contributed by atoms with Crippen LogP contribution in [0.3, 0.4) is 0 Å². The lowest BCUT2D eigenvalue weighted by molar-refractivity contribution is 0.0988. The second-order valence-corrected chi connectivity index (χ2v) is 5.73. The first kappa shape index (κ1) is 14.4. The fourth-order valence-corrected chi connectivity index (χ4v) is 3.17. The highest BCUT2D eigenvalue weighted by molar-refractivity contribution is 6.10. The number of benzene rings is 2. The number of H-pyrrole nitrogens is 1. The van der Waals surface area contributed by atoms with Gasteiger partial charge in [-0.05, 0) is 37.3 Å². The highest BCUT2D eigenvalue weighted by atomic mass is 19.1. The number of aryl methyl sites for hydroxylation is 1. The van der Waals surface area contributed by atoms with E-state index < -0.39 is 6.04 Å². The van der Waals surface area contributed by atoms with Crippen LogP contribution in [0.2, 0.25) is 0 Å². The Bertz CT molecular complexity index is 934. The first-order chi connectivity index (χ1) is 11.6. The van der Waals surface area contributed by atoms with Crippen molar-refractivity contribution in [2.24, 2.45) is 0 Å². The summed E-state index contributed by atoms with van der Waals surface area (Å²) in [6.07, 6.45) is 0. The Morgan fingerprint density at radius 1 is 1.17 bits per heavy atom. The number of phenols is 1. The van der Waals surface area contributed by atoms with Crippen molar-refractivity contribution in [2.45, 2.75) is 13.0 Å². The molecule has 1 amide bonds. The number of aromatic nitrogens is 2. The van der Waals surface area contributed by atoms with Gasteiger partial charge in [0.2, 0.25) is 0 Å². The van der Waals surface area contributed by atoms with Crippen LogP contribution in [0.25, 0.3) is 0 Å². The minimum atomic E-state index is -0.600. The summed E-state index contributed by atoms with van der Waals surface area (Å²) in [5, 5.41) is 16.4. The van der Waals surface area contributed by atoms with Gasteiger partial charge in [-0.1, -0.05) is 18.2 Å². The van der Waals surface area contributed by atoms with Gasteiger partial charge >= 0.3 is 0 Å². The lowest BCUT2D eigenvalue weighted by Crippen LogP contribution is -2.29. The molecular formula is C18H14FN3O2. The van der Waals surface area contributed by atoms with Crippen LogP contribution in [-0.4, -0.2) is 21.2 Å². The number of hydrogen-bond donors (Lipinski definition) is 2. The van der Waals surface area contributed by atoms with Gasteiger partial charge in [-0.3, -0.25) is 14.8 Å². The SMILES string of the molecule is Cc1[nH]nc2c1[C@H](c1ccccc1F)N(c1ccc(O)cc1)C2=O. The van der Waals surface area contributed by atoms with E-state index in [9.17, 15) is 14.3 Å². The summed E-state index contributed by atoms with van der Waals surface area (Å²) in [6, 6.07) is 12.1. The summed E-state index contributed by atoms with van der Waals surface area (Å²) in [5.41, 5.74) is 2.69. The Labute approximate surface area is 137 Å². The third-order valence-corrected chi connectivity index (χ3v) is 4.28. The Balaban J connectivity index is 1.94. The molecule has 0 spiro atoms. The van der Waals surface area contributed by atoms with Gasteiger partial charge in [-0.15, -0.1) is 0 Å². The molecule has 120 valence electrons. The number of nitrogens with one attached hydrogen (secondary N) is 1. The minimum Gasteiger partial charge on any atom is -0.508 e. The second kappa shape index (κ2) is 5.19. The zero-order valence-corrected chi connectivity index (χ0v) is 12.8. The van der Waals surface area contributed by atoms with Crippen LogP contribution in [0.15, 0.2) is 48.5 Å². The number of amides is 1. The highest BCUT2D eigenvalue weighted by Gasteiger charge is 2.43. The number of anilines is 1. The predicted molar refractivity (Wildman–Crippen MR) is 86.5 cm³/mol. The Morgan fingerprint density at radius 3 is 2.58 bits per heavy atom. The second-order valence-electron chi connectivity index (χ2n) is 5.73. The summed E-state index contributed by atoms with van der Waals surface area (Å²) in [6.45, 7) is 1.81. The van der Waals surface area contributed by atoms with E-state index in [4.69, 9.17) is 0 Å². The summed E-state index contributed by atoms with van der Waals surface area (Å²) in [7, 11) is 0. The predicted octanol–water partition coefficient (Wildman–Crippen LogP) is 3.31. The van der Waals surface area contributed by atoms with E-state index in [0.717, 1.165) is 5.69 Å². The number of carbonyl (C=O) groups excluding carboxylic acids is 1.